The van der Waals surface area contributed by atoms with Crippen molar-refractivity contribution in [3.63, 3.8) is 0 Å². The molecule has 1 atom stereocenters. The van der Waals surface area contributed by atoms with E-state index in [1.54, 1.807) is 50.2 Å². The zero-order valence-corrected chi connectivity index (χ0v) is 16.4. The molecule has 0 aliphatic carbocycles. The summed E-state index contributed by atoms with van der Waals surface area (Å²) in [4.78, 5) is 36.8. The predicted molar refractivity (Wildman–Crippen MR) is 108 cm³/mol. The maximum atomic E-state index is 12.4. The fraction of sp³-hybridized carbons (Fsp3) is 0.318. The summed E-state index contributed by atoms with van der Waals surface area (Å²) >= 11 is 0. The fourth-order valence-corrected chi connectivity index (χ4v) is 2.60. The van der Waals surface area contributed by atoms with Crippen molar-refractivity contribution in [3.8, 4) is 0 Å². The van der Waals surface area contributed by atoms with E-state index in [-0.39, 0.29) is 11.8 Å². The normalized spacial score (nSPS) is 11.6. The molecule has 0 heterocycles. The largest absolute Gasteiger partial charge is 0.454 e. The van der Waals surface area contributed by atoms with Gasteiger partial charge in [0.25, 0.3) is 11.8 Å². The van der Waals surface area contributed by atoms with E-state index in [4.69, 9.17) is 4.74 Å². The number of nitrogens with one attached hydrogen (secondary N) is 2. The monoisotopic (exact) mass is 382 g/mol. The lowest BCUT2D eigenvalue weighted by Crippen LogP contribution is -2.45. The minimum absolute atomic E-state index is 0.190. The molecule has 0 bridgehead atoms. The first kappa shape index (κ1) is 21.2. The molecule has 6 heteroatoms. The number of ether oxygens (including phenoxy) is 1. The van der Waals surface area contributed by atoms with Crippen LogP contribution in [0.15, 0.2) is 54.6 Å². The van der Waals surface area contributed by atoms with Crippen molar-refractivity contribution in [2.75, 3.05) is 11.9 Å². The molecular weight excluding hydrogens is 356 g/mol. The molecule has 6 nitrogen and oxygen atoms in total. The van der Waals surface area contributed by atoms with Crippen molar-refractivity contribution in [2.24, 2.45) is 5.92 Å². The van der Waals surface area contributed by atoms with Gasteiger partial charge in [0, 0.05) is 11.3 Å². The number of hydrogen-bond donors (Lipinski definition) is 2. The Morgan fingerprint density at radius 3 is 2.36 bits per heavy atom. The fourth-order valence-electron chi connectivity index (χ4n) is 2.60. The summed E-state index contributed by atoms with van der Waals surface area (Å²) in [7, 11) is 0. The SMILES string of the molecule is CCc1cccc(NC(=O)COC(=O)[C@@H](NC(=O)c2ccccc2)C(C)C)c1. The summed E-state index contributed by atoms with van der Waals surface area (Å²) in [5, 5.41) is 5.38. The second-order valence-corrected chi connectivity index (χ2v) is 6.77. The van der Waals surface area contributed by atoms with Crippen LogP contribution in [0.4, 0.5) is 5.69 Å². The van der Waals surface area contributed by atoms with Gasteiger partial charge in [0.2, 0.25) is 0 Å². The van der Waals surface area contributed by atoms with Crippen LogP contribution in [-0.4, -0.2) is 30.4 Å². The first-order valence-corrected chi connectivity index (χ1v) is 9.32. The van der Waals surface area contributed by atoms with Crippen molar-refractivity contribution < 1.29 is 19.1 Å². The van der Waals surface area contributed by atoms with Crippen molar-refractivity contribution in [1.82, 2.24) is 5.32 Å². The van der Waals surface area contributed by atoms with E-state index in [1.807, 2.05) is 25.1 Å². The summed E-state index contributed by atoms with van der Waals surface area (Å²) in [5.74, 6) is -1.63. The third-order valence-electron chi connectivity index (χ3n) is 4.21. The average molecular weight is 382 g/mol. The Bertz CT molecular complexity index is 818. The zero-order valence-electron chi connectivity index (χ0n) is 16.4. The van der Waals surface area contributed by atoms with Crippen LogP contribution in [-0.2, 0) is 20.7 Å². The number of esters is 1. The number of carbonyl (C=O) groups is 3. The van der Waals surface area contributed by atoms with Gasteiger partial charge in [-0.1, -0.05) is 51.1 Å². The highest BCUT2D eigenvalue weighted by molar-refractivity contribution is 5.97. The molecule has 2 N–H and O–H groups in total. The van der Waals surface area contributed by atoms with Crippen LogP contribution >= 0.6 is 0 Å². The summed E-state index contributed by atoms with van der Waals surface area (Å²) in [6.45, 7) is 5.21. The topological polar surface area (TPSA) is 84.5 Å². The van der Waals surface area contributed by atoms with Gasteiger partial charge in [0.15, 0.2) is 6.61 Å². The molecule has 2 aromatic rings. The van der Waals surface area contributed by atoms with Crippen LogP contribution in [0.25, 0.3) is 0 Å². The molecule has 0 unspecified atom stereocenters. The summed E-state index contributed by atoms with van der Waals surface area (Å²) in [5.41, 5.74) is 2.20. The Hall–Kier alpha value is -3.15. The second-order valence-electron chi connectivity index (χ2n) is 6.77. The van der Waals surface area contributed by atoms with E-state index in [2.05, 4.69) is 10.6 Å². The number of rotatable bonds is 8. The van der Waals surface area contributed by atoms with Crippen LogP contribution in [0.1, 0.15) is 36.7 Å². The molecule has 0 fully saturated rings. The van der Waals surface area contributed by atoms with Gasteiger partial charge >= 0.3 is 5.97 Å². The highest BCUT2D eigenvalue weighted by Crippen LogP contribution is 2.11. The minimum atomic E-state index is -0.844. The molecule has 0 aliphatic rings. The molecule has 2 aromatic carbocycles. The predicted octanol–water partition coefficient (Wildman–Crippen LogP) is 3.19. The van der Waals surface area contributed by atoms with Crippen molar-refractivity contribution in [1.29, 1.82) is 0 Å². The highest BCUT2D eigenvalue weighted by atomic mass is 16.5. The minimum Gasteiger partial charge on any atom is -0.454 e. The van der Waals surface area contributed by atoms with Gasteiger partial charge in [-0.2, -0.15) is 0 Å². The molecule has 2 rings (SSSR count). The number of aryl methyl sites for hydroxylation is 1. The van der Waals surface area contributed by atoms with E-state index in [0.29, 0.717) is 11.3 Å². The number of benzene rings is 2. The molecule has 148 valence electrons. The van der Waals surface area contributed by atoms with E-state index in [0.717, 1.165) is 12.0 Å². The number of carbonyl (C=O) groups excluding carboxylic acids is 3. The van der Waals surface area contributed by atoms with E-state index < -0.39 is 24.5 Å². The van der Waals surface area contributed by atoms with Crippen LogP contribution in [0.3, 0.4) is 0 Å². The van der Waals surface area contributed by atoms with Crippen LogP contribution in [0.5, 0.6) is 0 Å². The molecule has 0 saturated carbocycles. The smallest absolute Gasteiger partial charge is 0.329 e. The molecule has 0 spiro atoms. The van der Waals surface area contributed by atoms with Crippen molar-refractivity contribution >= 4 is 23.5 Å². The van der Waals surface area contributed by atoms with E-state index in [1.165, 1.54) is 0 Å². The highest BCUT2D eigenvalue weighted by Gasteiger charge is 2.26. The van der Waals surface area contributed by atoms with Gasteiger partial charge in [-0.3, -0.25) is 9.59 Å². The Kier molecular flexibility index (Phi) is 7.75. The van der Waals surface area contributed by atoms with Crippen LogP contribution < -0.4 is 10.6 Å². The number of anilines is 1. The van der Waals surface area contributed by atoms with Gasteiger partial charge in [-0.05, 0) is 42.2 Å². The Morgan fingerprint density at radius 2 is 1.71 bits per heavy atom. The molecule has 2 amide bonds. The summed E-state index contributed by atoms with van der Waals surface area (Å²) < 4.78 is 5.13. The number of hydrogen-bond acceptors (Lipinski definition) is 4. The molecule has 0 aliphatic heterocycles. The quantitative estimate of drug-likeness (QED) is 0.687. The van der Waals surface area contributed by atoms with Crippen molar-refractivity contribution in [2.45, 2.75) is 33.2 Å². The lowest BCUT2D eigenvalue weighted by Gasteiger charge is -2.20. The summed E-state index contributed by atoms with van der Waals surface area (Å²) in [6.07, 6.45) is 0.857. The molecule has 0 radical (unpaired) electrons. The maximum Gasteiger partial charge on any atom is 0.329 e. The lowest BCUT2D eigenvalue weighted by atomic mass is 10.0. The standard InChI is InChI=1S/C22H26N2O4/c1-4-16-9-8-12-18(13-16)23-19(25)14-28-22(27)20(15(2)3)24-21(26)17-10-6-5-7-11-17/h5-13,15,20H,4,14H2,1-3H3,(H,23,25)(H,24,26)/t20-/m0/s1. The Morgan fingerprint density at radius 1 is 1.00 bits per heavy atom. The molecular formula is C22H26N2O4. The third kappa shape index (κ3) is 6.23. The van der Waals surface area contributed by atoms with Gasteiger partial charge < -0.3 is 15.4 Å². The first-order chi connectivity index (χ1) is 13.4. The molecule has 0 aromatic heterocycles. The lowest BCUT2D eigenvalue weighted by molar-refractivity contribution is -0.150. The van der Waals surface area contributed by atoms with E-state index >= 15 is 0 Å². The second kappa shape index (κ2) is 10.3. The maximum absolute atomic E-state index is 12.4. The Labute approximate surface area is 165 Å². The van der Waals surface area contributed by atoms with Gasteiger partial charge in [0.1, 0.15) is 6.04 Å². The molecule has 28 heavy (non-hydrogen) atoms. The van der Waals surface area contributed by atoms with Crippen LogP contribution in [0.2, 0.25) is 0 Å². The third-order valence-corrected chi connectivity index (χ3v) is 4.21. The average Bonchev–Trinajstić information content (AvgIpc) is 2.70. The van der Waals surface area contributed by atoms with E-state index in [9.17, 15) is 14.4 Å². The van der Waals surface area contributed by atoms with Gasteiger partial charge in [-0.25, -0.2) is 4.79 Å². The number of amides is 2. The zero-order chi connectivity index (χ0) is 20.5. The Balaban J connectivity index is 1.91. The van der Waals surface area contributed by atoms with Crippen molar-refractivity contribution in [3.05, 3.63) is 65.7 Å². The van der Waals surface area contributed by atoms with Gasteiger partial charge in [0.05, 0.1) is 0 Å². The molecule has 0 saturated heterocycles. The van der Waals surface area contributed by atoms with Crippen LogP contribution in [0, 0.1) is 5.92 Å². The first-order valence-electron chi connectivity index (χ1n) is 9.32. The van der Waals surface area contributed by atoms with Gasteiger partial charge in [-0.15, -0.1) is 0 Å². The summed E-state index contributed by atoms with van der Waals surface area (Å²) in [6, 6.07) is 15.2.